The number of rotatable bonds is 0. The van der Waals surface area contributed by atoms with Crippen molar-refractivity contribution in [3.05, 3.63) is 125 Å². The molecule has 33 heteroatoms. The first-order valence-electron chi connectivity index (χ1n) is 24.1. The van der Waals surface area contributed by atoms with Crippen LogP contribution in [0, 0.1) is 152 Å². The van der Waals surface area contributed by atoms with Gasteiger partial charge in [0.25, 0.3) is 0 Å². The number of hydrogen-bond acceptors (Lipinski definition) is 30. The molecule has 0 saturated carbocycles. The van der Waals surface area contributed by atoms with E-state index in [-0.39, 0.29) is 0 Å². The van der Waals surface area contributed by atoms with E-state index in [0.717, 1.165) is 96.5 Å². The molecule has 0 aromatic carbocycles. The molecular formula is C47H75N25O4S4. The zero-order valence-corrected chi connectivity index (χ0v) is 53.7. The quantitative estimate of drug-likeness (QED) is 0.137. The summed E-state index contributed by atoms with van der Waals surface area (Å²) in [5.41, 5.74) is 5.72. The number of nitrogens with zero attached hydrogens (tertiary/aromatic N) is 25. The van der Waals surface area contributed by atoms with Crippen LogP contribution in [0.2, 0.25) is 0 Å². The molecule has 0 aliphatic carbocycles. The van der Waals surface area contributed by atoms with Crippen LogP contribution in [-0.2, 0) is 21.1 Å². The SMILES string of the molecule is Cc1nc(C)n(C)n1.Cc1nc(C)n(C)n1.Cc1nc(C)n(C)n1.Cc1nnoc1C.Cc1nnsc1C.Cc1noc(C)n1.Cc1noc(C)n1.Cc1nonc1C.Cc1nsc(C)n1.Cc1nsc(C)n1.Cc1nsnc1C. The van der Waals surface area contributed by atoms with E-state index in [9.17, 15) is 0 Å². The van der Waals surface area contributed by atoms with Crippen LogP contribution in [0.4, 0.5) is 0 Å². The van der Waals surface area contributed by atoms with Crippen LogP contribution < -0.4 is 0 Å². The van der Waals surface area contributed by atoms with Crippen LogP contribution in [-0.4, -0.2) is 122 Å². The highest BCUT2D eigenvalue weighted by Crippen LogP contribution is 2.05. The smallest absolute Gasteiger partial charge is 0.223 e. The minimum Gasteiger partial charge on any atom is -0.342 e. The Kier molecular flexibility index (Phi) is 32.6. The van der Waals surface area contributed by atoms with Crippen LogP contribution in [0.25, 0.3) is 0 Å². The predicted octanol–water partition coefficient (Wildman–Crippen LogP) is 8.66. The van der Waals surface area contributed by atoms with Crippen LogP contribution >= 0.6 is 46.3 Å². The van der Waals surface area contributed by atoms with Gasteiger partial charge >= 0.3 is 0 Å². The highest BCUT2D eigenvalue weighted by Gasteiger charge is 1.98. The van der Waals surface area contributed by atoms with E-state index in [1.54, 1.807) is 41.7 Å². The first-order valence-corrected chi connectivity index (χ1v) is 27.2. The van der Waals surface area contributed by atoms with Crippen LogP contribution in [0.3, 0.4) is 0 Å². The van der Waals surface area contributed by atoms with E-state index in [1.165, 1.54) is 51.2 Å². The number of hydrogen-bond donors (Lipinski definition) is 0. The molecule has 0 unspecified atom stereocenters. The van der Waals surface area contributed by atoms with Gasteiger partial charge in [-0.3, -0.25) is 14.0 Å². The normalized spacial score (nSPS) is 9.56. The Morgan fingerprint density at radius 2 is 0.725 bits per heavy atom. The van der Waals surface area contributed by atoms with Crippen molar-refractivity contribution >= 4 is 46.3 Å². The summed E-state index contributed by atoms with van der Waals surface area (Å²) in [5, 5.41) is 38.9. The maximum Gasteiger partial charge on any atom is 0.223 e. The summed E-state index contributed by atoms with van der Waals surface area (Å²) in [7, 11) is 5.65. The lowest BCUT2D eigenvalue weighted by Crippen LogP contribution is -1.92. The van der Waals surface area contributed by atoms with Crippen LogP contribution in [0.5, 0.6) is 0 Å². The van der Waals surface area contributed by atoms with Crippen molar-refractivity contribution in [3.63, 3.8) is 0 Å². The lowest BCUT2D eigenvalue weighted by atomic mass is 10.4. The maximum atomic E-state index is 4.60. The van der Waals surface area contributed by atoms with E-state index in [0.29, 0.717) is 23.4 Å². The van der Waals surface area contributed by atoms with Gasteiger partial charge < -0.3 is 13.6 Å². The Labute approximate surface area is 482 Å². The van der Waals surface area contributed by atoms with Gasteiger partial charge in [0.15, 0.2) is 17.4 Å². The van der Waals surface area contributed by atoms with E-state index < -0.39 is 0 Å². The molecule has 80 heavy (non-hydrogen) atoms. The van der Waals surface area contributed by atoms with Crippen LogP contribution in [0.1, 0.15) is 125 Å². The van der Waals surface area contributed by atoms with Gasteiger partial charge in [-0.05, 0) is 173 Å². The van der Waals surface area contributed by atoms with Gasteiger partial charge in [-0.1, -0.05) is 25.1 Å². The van der Waals surface area contributed by atoms with Crippen molar-refractivity contribution in [2.24, 2.45) is 21.1 Å². The van der Waals surface area contributed by atoms with Crippen molar-refractivity contribution < 1.29 is 18.2 Å². The average Bonchev–Trinajstić information content (AvgIpc) is 4.28. The first kappa shape index (κ1) is 70.2. The van der Waals surface area contributed by atoms with E-state index in [1.807, 2.05) is 146 Å². The lowest BCUT2D eigenvalue weighted by molar-refractivity contribution is 0.302. The third-order valence-electron chi connectivity index (χ3n) is 9.29. The van der Waals surface area contributed by atoms with Gasteiger partial charge in [0.1, 0.15) is 73.7 Å². The third kappa shape index (κ3) is 31.0. The molecule has 11 rings (SSSR count). The third-order valence-corrected chi connectivity index (χ3v) is 12.2. The molecule has 436 valence electrons. The predicted molar refractivity (Wildman–Crippen MR) is 304 cm³/mol. The molecule has 0 aliphatic rings. The molecule has 11 aromatic heterocycles. The standard InChI is InChI=1S/3C5H9N3.4C4H6N2O.4C4H6N2S/c3*1-4-6-5(2)8(3)7-4;2*1-3-5-4(2)7-6-3;1-3-4(2)7-6-5-3;1-3-4(2)6-7-5-3;2*1-3-5-4(2)7-6-3;1-3-4(2)7-6-5-3;1-3-4(2)6-7-5-3/h3*1-3H3;8*1-2H3. The fourth-order valence-corrected chi connectivity index (χ4v) is 6.53. The molecule has 0 saturated heterocycles. The Morgan fingerprint density at radius 3 is 0.812 bits per heavy atom. The molecule has 0 atom stereocenters. The highest BCUT2D eigenvalue weighted by molar-refractivity contribution is 7.05. The molecule has 0 aliphatic heterocycles. The minimum absolute atomic E-state index is 0.623. The fourth-order valence-electron chi connectivity index (χ4n) is 4.57. The van der Waals surface area contributed by atoms with Crippen molar-refractivity contribution in [1.82, 2.24) is 122 Å². The lowest BCUT2D eigenvalue weighted by Gasteiger charge is -1.84. The molecule has 29 nitrogen and oxygen atoms in total. The second kappa shape index (κ2) is 37.2. The summed E-state index contributed by atoms with van der Waals surface area (Å²) >= 11 is 5.60. The van der Waals surface area contributed by atoms with Gasteiger partial charge in [-0.25, -0.2) is 29.5 Å². The van der Waals surface area contributed by atoms with Gasteiger partial charge in [-0.15, -0.1) is 10.2 Å². The summed E-state index contributed by atoms with van der Waals surface area (Å²) in [6.45, 7) is 41.5. The fraction of sp³-hybridized carbons (Fsp3) is 0.532. The Balaban J connectivity index is 0.000000440. The Morgan fingerprint density at radius 1 is 0.338 bits per heavy atom. The molecule has 0 N–H and O–H groups in total. The first-order chi connectivity index (χ1) is 37.5. The van der Waals surface area contributed by atoms with Crippen molar-refractivity contribution in [1.29, 1.82) is 0 Å². The molecule has 0 spiro atoms. The molecule has 0 amide bonds. The molecule has 11 heterocycles. The zero-order chi connectivity index (χ0) is 60.6. The molecule has 0 fully saturated rings. The van der Waals surface area contributed by atoms with E-state index in [4.69, 9.17) is 0 Å². The second-order valence-electron chi connectivity index (χ2n) is 16.6. The Hall–Kier alpha value is -7.78. The molecule has 0 radical (unpaired) electrons. The van der Waals surface area contributed by atoms with Gasteiger partial charge in [-0.2, -0.15) is 42.8 Å². The number of aryl methyl sites for hydroxylation is 25. The summed E-state index contributed by atoms with van der Waals surface area (Å²) in [6, 6.07) is 0. The average molecular weight is 1180 g/mol. The highest BCUT2D eigenvalue weighted by atomic mass is 32.1. The minimum atomic E-state index is 0.623. The largest absolute Gasteiger partial charge is 0.342 e. The van der Waals surface area contributed by atoms with Crippen LogP contribution in [0.15, 0.2) is 18.2 Å². The summed E-state index contributed by atoms with van der Waals surface area (Å²) < 4.78 is 42.9. The molecular weight excluding hydrogens is 1110 g/mol. The zero-order valence-electron chi connectivity index (χ0n) is 50.4. The summed E-state index contributed by atoms with van der Waals surface area (Å²) in [5.74, 6) is 10.6. The van der Waals surface area contributed by atoms with Crippen molar-refractivity contribution in [3.8, 4) is 0 Å². The van der Waals surface area contributed by atoms with Gasteiger partial charge in [0.05, 0.1) is 28.8 Å². The maximum absolute atomic E-state index is 4.60. The van der Waals surface area contributed by atoms with Crippen molar-refractivity contribution in [2.75, 3.05) is 0 Å². The number of aromatic nitrogens is 25. The van der Waals surface area contributed by atoms with E-state index >= 15 is 0 Å². The molecule has 11 aromatic rings. The molecule has 0 bridgehead atoms. The monoisotopic (exact) mass is 1180 g/mol. The second-order valence-corrected chi connectivity index (χ2v) is 20.0. The summed E-state index contributed by atoms with van der Waals surface area (Å²) in [4.78, 5) is 29.1. The van der Waals surface area contributed by atoms with Gasteiger partial charge in [0.2, 0.25) is 11.8 Å². The topological polar surface area (TPSA) is 351 Å². The van der Waals surface area contributed by atoms with Crippen molar-refractivity contribution in [2.45, 2.75) is 152 Å². The van der Waals surface area contributed by atoms with E-state index in [2.05, 4.69) is 126 Å². The summed E-state index contributed by atoms with van der Waals surface area (Å²) in [6.07, 6.45) is 0. The van der Waals surface area contributed by atoms with Gasteiger partial charge in [0, 0.05) is 45.1 Å². The Bertz CT molecular complexity index is 2760.